The smallest absolute Gasteiger partial charge is 0.333 e. The standard InChI is InChI=1S/C28H43FO3/c1-4-5-6-7-22-8-12-25(13-9-22)26-14-10-23(11-15-26)18-27(29)19-24(16-17-30)20-32-28(31)21(2)3/h10-11,14-15,22,24-25,27,30H,2,4-9,12-13,16-20H2,1,3H3. The molecule has 1 N–H and O–H groups in total. The second-order valence-corrected chi connectivity index (χ2v) is 9.75. The largest absolute Gasteiger partial charge is 0.462 e. The molecule has 2 rings (SSSR count). The number of hydrogen-bond donors (Lipinski definition) is 1. The Kier molecular flexibility index (Phi) is 12.0. The molecule has 2 unspecified atom stereocenters. The first-order valence-electron chi connectivity index (χ1n) is 12.6. The Balaban J connectivity index is 1.78. The van der Waals surface area contributed by atoms with Gasteiger partial charge in [-0.3, -0.25) is 0 Å². The van der Waals surface area contributed by atoms with Gasteiger partial charge in [0.15, 0.2) is 0 Å². The van der Waals surface area contributed by atoms with Crippen LogP contribution in [0.1, 0.15) is 95.1 Å². The summed E-state index contributed by atoms with van der Waals surface area (Å²) in [4.78, 5) is 11.6. The van der Waals surface area contributed by atoms with Gasteiger partial charge in [0.25, 0.3) is 0 Å². The summed E-state index contributed by atoms with van der Waals surface area (Å²) in [6.07, 6.45) is 10.7. The van der Waals surface area contributed by atoms with Crippen LogP contribution in [0.2, 0.25) is 0 Å². The number of aliphatic hydroxyl groups is 1. The molecule has 1 aromatic rings. The van der Waals surface area contributed by atoms with E-state index in [9.17, 15) is 14.3 Å². The molecule has 1 aliphatic carbocycles. The van der Waals surface area contributed by atoms with Gasteiger partial charge in [0.2, 0.25) is 0 Å². The van der Waals surface area contributed by atoms with E-state index < -0.39 is 12.1 Å². The van der Waals surface area contributed by atoms with Crippen molar-refractivity contribution >= 4 is 5.97 Å². The maximum Gasteiger partial charge on any atom is 0.333 e. The number of alkyl halides is 1. The number of hydrogen-bond acceptors (Lipinski definition) is 3. The molecule has 1 fully saturated rings. The van der Waals surface area contributed by atoms with Crippen LogP contribution in [-0.4, -0.2) is 30.5 Å². The fourth-order valence-electron chi connectivity index (χ4n) is 4.86. The Bertz CT molecular complexity index is 676. The fourth-order valence-corrected chi connectivity index (χ4v) is 4.86. The average molecular weight is 447 g/mol. The first-order valence-corrected chi connectivity index (χ1v) is 12.6. The minimum absolute atomic E-state index is 0.0441. The van der Waals surface area contributed by atoms with Crippen molar-refractivity contribution in [3.63, 3.8) is 0 Å². The molecule has 180 valence electrons. The first kappa shape index (κ1) is 26.6. The lowest BCUT2D eigenvalue weighted by Crippen LogP contribution is -2.20. The molecule has 0 bridgehead atoms. The van der Waals surface area contributed by atoms with Crippen LogP contribution >= 0.6 is 0 Å². The van der Waals surface area contributed by atoms with Crippen LogP contribution in [0.5, 0.6) is 0 Å². The Hall–Kier alpha value is -1.68. The summed E-state index contributed by atoms with van der Waals surface area (Å²) >= 11 is 0. The van der Waals surface area contributed by atoms with Crippen molar-refractivity contribution in [3.8, 4) is 0 Å². The van der Waals surface area contributed by atoms with Crippen molar-refractivity contribution in [2.24, 2.45) is 11.8 Å². The molecular weight excluding hydrogens is 403 g/mol. The monoisotopic (exact) mass is 446 g/mol. The zero-order valence-electron chi connectivity index (χ0n) is 20.2. The van der Waals surface area contributed by atoms with Gasteiger partial charge in [-0.15, -0.1) is 0 Å². The Morgan fingerprint density at radius 1 is 1.19 bits per heavy atom. The molecule has 1 saturated carbocycles. The highest BCUT2D eigenvalue weighted by atomic mass is 19.1. The molecule has 0 aromatic heterocycles. The summed E-state index contributed by atoms with van der Waals surface area (Å²) in [6.45, 7) is 7.48. The van der Waals surface area contributed by atoms with Gasteiger partial charge in [-0.2, -0.15) is 0 Å². The zero-order chi connectivity index (χ0) is 23.3. The van der Waals surface area contributed by atoms with Crippen LogP contribution in [0.3, 0.4) is 0 Å². The third-order valence-corrected chi connectivity index (χ3v) is 6.90. The predicted octanol–water partition coefficient (Wildman–Crippen LogP) is 6.93. The van der Waals surface area contributed by atoms with Crippen LogP contribution < -0.4 is 0 Å². The van der Waals surface area contributed by atoms with Gasteiger partial charge in [-0.25, -0.2) is 9.18 Å². The quantitative estimate of drug-likeness (QED) is 0.191. The molecule has 2 atom stereocenters. The molecule has 0 spiro atoms. The fraction of sp³-hybridized carbons (Fsp3) is 0.679. The summed E-state index contributed by atoms with van der Waals surface area (Å²) in [5.41, 5.74) is 2.71. The summed E-state index contributed by atoms with van der Waals surface area (Å²) in [6, 6.07) is 8.50. The zero-order valence-corrected chi connectivity index (χ0v) is 20.2. The molecule has 4 heteroatoms. The van der Waals surface area contributed by atoms with E-state index in [1.807, 2.05) is 0 Å². The maximum absolute atomic E-state index is 14.7. The van der Waals surface area contributed by atoms with Crippen molar-refractivity contribution in [2.45, 2.75) is 96.6 Å². The average Bonchev–Trinajstić information content (AvgIpc) is 2.78. The molecule has 1 aromatic carbocycles. The Morgan fingerprint density at radius 2 is 1.88 bits per heavy atom. The van der Waals surface area contributed by atoms with Crippen LogP contribution in [0.4, 0.5) is 4.39 Å². The number of benzene rings is 1. The SMILES string of the molecule is C=C(C)C(=O)OCC(CCO)CC(F)Cc1ccc(C2CCC(CCCCC)CC2)cc1. The Labute approximate surface area is 194 Å². The first-order chi connectivity index (χ1) is 15.4. The van der Waals surface area contributed by atoms with Gasteiger partial charge in [0.05, 0.1) is 6.61 Å². The van der Waals surface area contributed by atoms with Gasteiger partial charge >= 0.3 is 5.97 Å². The van der Waals surface area contributed by atoms with E-state index in [1.165, 1.54) is 56.9 Å². The van der Waals surface area contributed by atoms with Gasteiger partial charge in [-0.05, 0) is 74.3 Å². The summed E-state index contributed by atoms with van der Waals surface area (Å²) in [7, 11) is 0. The highest BCUT2D eigenvalue weighted by Crippen LogP contribution is 2.37. The number of halogens is 1. The van der Waals surface area contributed by atoms with Gasteiger partial charge in [-0.1, -0.05) is 63.5 Å². The van der Waals surface area contributed by atoms with Crippen molar-refractivity contribution in [2.75, 3.05) is 13.2 Å². The molecule has 0 radical (unpaired) electrons. The van der Waals surface area contributed by atoms with Crippen molar-refractivity contribution in [1.82, 2.24) is 0 Å². The van der Waals surface area contributed by atoms with E-state index in [-0.39, 0.29) is 25.6 Å². The normalized spacial score (nSPS) is 20.5. The van der Waals surface area contributed by atoms with Gasteiger partial charge < -0.3 is 9.84 Å². The third-order valence-electron chi connectivity index (χ3n) is 6.90. The topological polar surface area (TPSA) is 46.5 Å². The molecule has 3 nitrogen and oxygen atoms in total. The van der Waals surface area contributed by atoms with Gasteiger partial charge in [0, 0.05) is 18.6 Å². The molecule has 0 heterocycles. The lowest BCUT2D eigenvalue weighted by atomic mass is 9.77. The number of aliphatic hydroxyl groups excluding tert-OH is 1. The van der Waals surface area contributed by atoms with Crippen molar-refractivity contribution in [3.05, 3.63) is 47.5 Å². The van der Waals surface area contributed by atoms with Crippen molar-refractivity contribution < 1.29 is 19.0 Å². The summed E-state index contributed by atoms with van der Waals surface area (Å²) in [5.74, 6) is 0.898. The molecule has 0 saturated heterocycles. The number of ether oxygens (including phenoxy) is 1. The highest BCUT2D eigenvalue weighted by molar-refractivity contribution is 5.86. The summed E-state index contributed by atoms with van der Waals surface area (Å²) < 4.78 is 19.9. The number of unbranched alkanes of at least 4 members (excludes halogenated alkanes) is 2. The van der Waals surface area contributed by atoms with Crippen LogP contribution in [0, 0.1) is 11.8 Å². The minimum Gasteiger partial charge on any atom is -0.462 e. The maximum atomic E-state index is 14.7. The second-order valence-electron chi connectivity index (χ2n) is 9.75. The van der Waals surface area contributed by atoms with E-state index in [1.54, 1.807) is 6.92 Å². The molecule has 0 amide bonds. The molecular formula is C28H43FO3. The van der Waals surface area contributed by atoms with Crippen LogP contribution in [-0.2, 0) is 16.0 Å². The van der Waals surface area contributed by atoms with E-state index in [0.29, 0.717) is 24.3 Å². The lowest BCUT2D eigenvalue weighted by molar-refractivity contribution is -0.140. The van der Waals surface area contributed by atoms with Gasteiger partial charge in [0.1, 0.15) is 6.17 Å². The number of esters is 1. The van der Waals surface area contributed by atoms with Crippen LogP contribution in [0.15, 0.2) is 36.4 Å². The molecule has 1 aliphatic rings. The van der Waals surface area contributed by atoms with E-state index in [2.05, 4.69) is 37.8 Å². The van der Waals surface area contributed by atoms with E-state index in [0.717, 1.165) is 11.5 Å². The van der Waals surface area contributed by atoms with Crippen molar-refractivity contribution in [1.29, 1.82) is 0 Å². The second kappa shape index (κ2) is 14.5. The number of carbonyl (C=O) groups is 1. The molecule has 0 aliphatic heterocycles. The van der Waals surface area contributed by atoms with E-state index in [4.69, 9.17) is 4.74 Å². The number of carbonyl (C=O) groups excluding carboxylic acids is 1. The summed E-state index contributed by atoms with van der Waals surface area (Å²) in [5, 5.41) is 9.26. The Morgan fingerprint density at radius 3 is 2.47 bits per heavy atom. The number of rotatable bonds is 14. The lowest BCUT2D eigenvalue weighted by Gasteiger charge is -2.29. The van der Waals surface area contributed by atoms with E-state index >= 15 is 0 Å². The predicted molar refractivity (Wildman–Crippen MR) is 129 cm³/mol. The molecule has 32 heavy (non-hydrogen) atoms. The minimum atomic E-state index is -1.03. The highest BCUT2D eigenvalue weighted by Gasteiger charge is 2.22. The van der Waals surface area contributed by atoms with Crippen LogP contribution in [0.25, 0.3) is 0 Å². The third kappa shape index (κ3) is 9.44.